The number of rotatable bonds is 5. The number of nitrogens with zero attached hydrogens (tertiary/aromatic N) is 2. The number of hydrogen-bond acceptors (Lipinski definition) is 4. The minimum absolute atomic E-state index is 0.111. The first-order chi connectivity index (χ1) is 10.1. The van der Waals surface area contributed by atoms with Crippen molar-refractivity contribution in [2.24, 2.45) is 10.9 Å². The van der Waals surface area contributed by atoms with E-state index in [2.05, 4.69) is 15.5 Å². The maximum atomic E-state index is 13.3. The largest absolute Gasteiger partial charge is 0.409 e. The minimum Gasteiger partial charge on any atom is -0.409 e. The van der Waals surface area contributed by atoms with Crippen LogP contribution in [-0.2, 0) is 13.1 Å². The van der Waals surface area contributed by atoms with E-state index in [4.69, 9.17) is 10.9 Å². The Hall–Kier alpha value is -2.47. The molecule has 1 heterocycles. The molecule has 0 aliphatic heterocycles. The van der Waals surface area contributed by atoms with Gasteiger partial charge in [0.25, 0.3) is 0 Å². The number of halogens is 1. The Morgan fingerprint density at radius 2 is 2.14 bits per heavy atom. The van der Waals surface area contributed by atoms with Gasteiger partial charge in [0.05, 0.1) is 5.69 Å². The molecule has 21 heavy (non-hydrogen) atoms. The Labute approximate surface area is 122 Å². The molecule has 0 unspecified atom stereocenters. The first kappa shape index (κ1) is 14.9. The van der Waals surface area contributed by atoms with Crippen LogP contribution in [0.25, 0.3) is 0 Å². The molecule has 0 radical (unpaired) electrons. The fourth-order valence-electron chi connectivity index (χ4n) is 2.02. The fraction of sp³-hybridized carbons (Fsp3) is 0.200. The van der Waals surface area contributed by atoms with E-state index in [1.807, 2.05) is 25.1 Å². The van der Waals surface area contributed by atoms with Crippen molar-refractivity contribution in [1.29, 1.82) is 0 Å². The van der Waals surface area contributed by atoms with Gasteiger partial charge in [0.15, 0.2) is 5.84 Å². The van der Waals surface area contributed by atoms with Crippen molar-refractivity contribution in [3.63, 3.8) is 0 Å². The summed E-state index contributed by atoms with van der Waals surface area (Å²) in [7, 11) is 0. The van der Waals surface area contributed by atoms with Crippen LogP contribution in [0.2, 0.25) is 0 Å². The van der Waals surface area contributed by atoms with E-state index < -0.39 is 5.82 Å². The van der Waals surface area contributed by atoms with Crippen molar-refractivity contribution in [3.8, 4) is 0 Å². The van der Waals surface area contributed by atoms with Gasteiger partial charge in [-0.2, -0.15) is 0 Å². The Balaban J connectivity index is 2.06. The molecule has 4 N–H and O–H groups in total. The standard InChI is InChI=1S/C15H17FN4O/c1-10-3-2-4-13(19-10)9-18-8-11-5-6-12(16)7-14(11)15(17)20-21/h2-7,18,21H,8-9H2,1H3,(H2,17,20). The van der Waals surface area contributed by atoms with Gasteiger partial charge in [-0.15, -0.1) is 0 Å². The number of benzene rings is 1. The number of nitrogens with two attached hydrogens (primary N) is 1. The summed E-state index contributed by atoms with van der Waals surface area (Å²) in [4.78, 5) is 4.38. The van der Waals surface area contributed by atoms with Gasteiger partial charge in [-0.05, 0) is 36.8 Å². The number of amidine groups is 1. The van der Waals surface area contributed by atoms with E-state index in [0.717, 1.165) is 17.0 Å². The van der Waals surface area contributed by atoms with E-state index in [1.165, 1.54) is 12.1 Å². The summed E-state index contributed by atoms with van der Waals surface area (Å²) in [5, 5.41) is 14.9. The average Bonchev–Trinajstić information content (AvgIpc) is 2.48. The van der Waals surface area contributed by atoms with Gasteiger partial charge in [0, 0.05) is 24.3 Å². The first-order valence-electron chi connectivity index (χ1n) is 6.49. The van der Waals surface area contributed by atoms with Gasteiger partial charge < -0.3 is 16.3 Å². The molecular weight excluding hydrogens is 271 g/mol. The second kappa shape index (κ2) is 6.81. The monoisotopic (exact) mass is 288 g/mol. The summed E-state index contributed by atoms with van der Waals surface area (Å²) in [6.45, 7) is 2.97. The van der Waals surface area contributed by atoms with E-state index in [0.29, 0.717) is 18.7 Å². The predicted molar refractivity (Wildman–Crippen MR) is 78.4 cm³/mol. The molecule has 5 nitrogen and oxygen atoms in total. The lowest BCUT2D eigenvalue weighted by Crippen LogP contribution is -2.20. The number of pyridine rings is 1. The Bertz CT molecular complexity index is 658. The zero-order valence-corrected chi connectivity index (χ0v) is 11.7. The highest BCUT2D eigenvalue weighted by molar-refractivity contribution is 5.98. The van der Waals surface area contributed by atoms with Crippen LogP contribution in [0.1, 0.15) is 22.5 Å². The first-order valence-corrected chi connectivity index (χ1v) is 6.49. The third-order valence-electron chi connectivity index (χ3n) is 3.02. The second-order valence-electron chi connectivity index (χ2n) is 4.66. The number of aryl methyl sites for hydroxylation is 1. The molecule has 0 aliphatic carbocycles. The molecule has 6 heteroatoms. The highest BCUT2D eigenvalue weighted by atomic mass is 19.1. The Morgan fingerprint density at radius 1 is 1.33 bits per heavy atom. The number of hydrogen-bond donors (Lipinski definition) is 3. The third kappa shape index (κ3) is 4.00. The summed E-state index contributed by atoms with van der Waals surface area (Å²) < 4.78 is 13.3. The van der Waals surface area contributed by atoms with Crippen LogP contribution in [0.4, 0.5) is 4.39 Å². The van der Waals surface area contributed by atoms with Crippen molar-refractivity contribution in [2.75, 3.05) is 0 Å². The Morgan fingerprint density at radius 3 is 2.86 bits per heavy atom. The SMILES string of the molecule is Cc1cccc(CNCc2ccc(F)cc2C(N)=NO)n1. The zero-order valence-electron chi connectivity index (χ0n) is 11.7. The molecule has 0 aliphatic rings. The molecule has 0 saturated carbocycles. The summed E-state index contributed by atoms with van der Waals surface area (Å²) >= 11 is 0. The van der Waals surface area contributed by atoms with Gasteiger partial charge in [-0.1, -0.05) is 17.3 Å². The lowest BCUT2D eigenvalue weighted by molar-refractivity contribution is 0.318. The van der Waals surface area contributed by atoms with Crippen LogP contribution in [0.5, 0.6) is 0 Å². The normalized spacial score (nSPS) is 11.6. The maximum absolute atomic E-state index is 13.3. The zero-order chi connectivity index (χ0) is 15.2. The van der Waals surface area contributed by atoms with E-state index in [-0.39, 0.29) is 5.84 Å². The van der Waals surface area contributed by atoms with Crippen LogP contribution in [0, 0.1) is 12.7 Å². The van der Waals surface area contributed by atoms with Crippen molar-refractivity contribution in [2.45, 2.75) is 20.0 Å². The van der Waals surface area contributed by atoms with Gasteiger partial charge in [0.2, 0.25) is 0 Å². The molecular formula is C15H17FN4O. The minimum atomic E-state index is -0.430. The average molecular weight is 288 g/mol. The number of aromatic nitrogens is 1. The maximum Gasteiger partial charge on any atom is 0.170 e. The lowest BCUT2D eigenvalue weighted by Gasteiger charge is -2.10. The molecule has 0 bridgehead atoms. The van der Waals surface area contributed by atoms with Crippen molar-refractivity contribution < 1.29 is 9.60 Å². The van der Waals surface area contributed by atoms with Crippen molar-refractivity contribution >= 4 is 5.84 Å². The lowest BCUT2D eigenvalue weighted by atomic mass is 10.1. The van der Waals surface area contributed by atoms with Crippen LogP contribution in [0.3, 0.4) is 0 Å². The smallest absolute Gasteiger partial charge is 0.170 e. The van der Waals surface area contributed by atoms with Gasteiger partial charge >= 0.3 is 0 Å². The fourth-order valence-corrected chi connectivity index (χ4v) is 2.02. The van der Waals surface area contributed by atoms with E-state index in [9.17, 15) is 4.39 Å². The molecule has 110 valence electrons. The van der Waals surface area contributed by atoms with Gasteiger partial charge in [0.1, 0.15) is 5.82 Å². The third-order valence-corrected chi connectivity index (χ3v) is 3.02. The van der Waals surface area contributed by atoms with Crippen LogP contribution >= 0.6 is 0 Å². The quantitative estimate of drug-likeness (QED) is 0.340. The molecule has 2 rings (SSSR count). The molecule has 0 fully saturated rings. The Kier molecular flexibility index (Phi) is 4.84. The molecule has 0 saturated heterocycles. The van der Waals surface area contributed by atoms with Crippen LogP contribution in [0.15, 0.2) is 41.6 Å². The summed E-state index contributed by atoms with van der Waals surface area (Å²) in [6.07, 6.45) is 0. The molecule has 0 spiro atoms. The van der Waals surface area contributed by atoms with Crippen LogP contribution in [-0.4, -0.2) is 16.0 Å². The highest BCUT2D eigenvalue weighted by Gasteiger charge is 2.08. The van der Waals surface area contributed by atoms with Gasteiger partial charge in [-0.25, -0.2) is 4.39 Å². The van der Waals surface area contributed by atoms with Crippen LogP contribution < -0.4 is 11.1 Å². The summed E-state index contributed by atoms with van der Waals surface area (Å²) in [6, 6.07) is 10.0. The van der Waals surface area contributed by atoms with E-state index in [1.54, 1.807) is 6.07 Å². The summed E-state index contributed by atoms with van der Waals surface area (Å²) in [5.74, 6) is -0.541. The molecule has 0 amide bonds. The van der Waals surface area contributed by atoms with Crippen molar-refractivity contribution in [1.82, 2.24) is 10.3 Å². The second-order valence-corrected chi connectivity index (χ2v) is 4.66. The van der Waals surface area contributed by atoms with E-state index >= 15 is 0 Å². The molecule has 0 atom stereocenters. The molecule has 2 aromatic rings. The number of nitrogens with one attached hydrogen (secondary N) is 1. The highest BCUT2D eigenvalue weighted by Crippen LogP contribution is 2.11. The predicted octanol–water partition coefficient (Wildman–Crippen LogP) is 1.91. The summed E-state index contributed by atoms with van der Waals surface area (Å²) in [5.41, 5.74) is 8.56. The molecule has 1 aromatic heterocycles. The number of oxime groups is 1. The molecule has 1 aromatic carbocycles. The van der Waals surface area contributed by atoms with Gasteiger partial charge in [-0.3, -0.25) is 4.98 Å². The topological polar surface area (TPSA) is 83.5 Å². The van der Waals surface area contributed by atoms with Crippen molar-refractivity contribution in [3.05, 3.63) is 64.7 Å².